The maximum Gasteiger partial charge on any atom is 0.389 e. The summed E-state index contributed by atoms with van der Waals surface area (Å²) in [4.78, 5) is 30.9. The molecule has 0 radical (unpaired) electrons. The van der Waals surface area contributed by atoms with Crippen molar-refractivity contribution in [2.75, 3.05) is 17.2 Å². The number of carbonyl (C=O) groups is 2. The van der Waals surface area contributed by atoms with Crippen molar-refractivity contribution in [3.05, 3.63) is 59.5 Å². The molecular weight excluding hydrogens is 527 g/mol. The lowest BCUT2D eigenvalue weighted by Gasteiger charge is -2.24. The third kappa shape index (κ3) is 6.19. The van der Waals surface area contributed by atoms with Crippen LogP contribution in [0.2, 0.25) is 0 Å². The normalized spacial score (nSPS) is 17.1. The molecule has 0 spiro atoms. The Kier molecular flexibility index (Phi) is 7.56. The van der Waals surface area contributed by atoms with Crippen molar-refractivity contribution in [3.8, 4) is 11.4 Å². The van der Waals surface area contributed by atoms with E-state index in [1.54, 1.807) is 31.2 Å². The van der Waals surface area contributed by atoms with E-state index >= 15 is 0 Å². The number of aromatic nitrogens is 2. The quantitative estimate of drug-likeness (QED) is 0.426. The van der Waals surface area contributed by atoms with E-state index in [0.29, 0.717) is 22.8 Å². The Labute approximate surface area is 215 Å². The summed E-state index contributed by atoms with van der Waals surface area (Å²) >= 11 is 0. The summed E-state index contributed by atoms with van der Waals surface area (Å²) in [5.41, 5.74) is 7.17. The number of nitrogens with one attached hydrogen (secondary N) is 1. The third-order valence-electron chi connectivity index (χ3n) is 5.83. The van der Waals surface area contributed by atoms with Gasteiger partial charge >= 0.3 is 6.18 Å². The Morgan fingerprint density at radius 2 is 1.92 bits per heavy atom. The second-order valence-electron chi connectivity index (χ2n) is 8.80. The van der Waals surface area contributed by atoms with Crippen molar-refractivity contribution in [2.45, 2.75) is 43.4 Å². The molecule has 2 amide bonds. The predicted octanol–water partition coefficient (Wildman–Crippen LogP) is 2.77. The van der Waals surface area contributed by atoms with Crippen molar-refractivity contribution in [2.24, 2.45) is 5.73 Å². The summed E-state index contributed by atoms with van der Waals surface area (Å²) in [7, 11) is -3.98. The van der Waals surface area contributed by atoms with E-state index in [2.05, 4.69) is 15.5 Å². The number of benzene rings is 2. The molecule has 1 aliphatic heterocycles. The molecule has 4 rings (SSSR count). The number of amides is 2. The van der Waals surface area contributed by atoms with Crippen molar-refractivity contribution in [1.82, 2.24) is 15.5 Å². The molecule has 0 fully saturated rings. The van der Waals surface area contributed by atoms with E-state index in [1.165, 1.54) is 23.1 Å². The van der Waals surface area contributed by atoms with Gasteiger partial charge < -0.3 is 20.5 Å². The summed E-state index contributed by atoms with van der Waals surface area (Å²) in [6.07, 6.45) is -5.71. The molecule has 2 heterocycles. The molecule has 0 bridgehead atoms. The standard InChI is InChI=1S/C24H24F3N5O5S/c1-14-30-21(31-37-14)16-5-3-15(4-6-16)12-32-19-11-17(22(33)29-10-2-9-24(25,26)27)7-8-20(19)38(35,36)13-18(28)23(32)34/h3-8,11,18H,2,9-10,12-13,28H2,1H3,(H,29,33)/t18-/m0/s1. The summed E-state index contributed by atoms with van der Waals surface area (Å²) in [5.74, 6) is -1.20. The summed E-state index contributed by atoms with van der Waals surface area (Å²) < 4.78 is 68.0. The molecule has 0 saturated carbocycles. The van der Waals surface area contributed by atoms with Crippen LogP contribution in [0.15, 0.2) is 51.9 Å². The van der Waals surface area contributed by atoms with Gasteiger partial charge in [0.15, 0.2) is 9.84 Å². The molecule has 0 unspecified atom stereocenters. The van der Waals surface area contributed by atoms with Crippen LogP contribution >= 0.6 is 0 Å². The smallest absolute Gasteiger partial charge is 0.352 e. The predicted molar refractivity (Wildman–Crippen MR) is 130 cm³/mol. The zero-order valence-electron chi connectivity index (χ0n) is 20.2. The van der Waals surface area contributed by atoms with Crippen LogP contribution in [0.25, 0.3) is 11.4 Å². The van der Waals surface area contributed by atoms with Crippen LogP contribution in [-0.4, -0.2) is 54.9 Å². The van der Waals surface area contributed by atoms with Crippen molar-refractivity contribution in [3.63, 3.8) is 0 Å². The van der Waals surface area contributed by atoms with Crippen molar-refractivity contribution in [1.29, 1.82) is 0 Å². The maximum absolute atomic E-state index is 13.2. The minimum atomic E-state index is -4.34. The summed E-state index contributed by atoms with van der Waals surface area (Å²) in [5, 5.41) is 6.24. The molecular formula is C24H24F3N5O5S. The SMILES string of the molecule is Cc1nc(-c2ccc(CN3C(=O)[C@@H](N)CS(=O)(=O)c4ccc(C(=O)NCCCC(F)(F)F)cc43)cc2)no1. The number of carbonyl (C=O) groups excluding carboxylic acids is 2. The van der Waals surface area contributed by atoms with Crippen LogP contribution in [0.4, 0.5) is 18.9 Å². The first-order valence-electron chi connectivity index (χ1n) is 11.5. The van der Waals surface area contributed by atoms with Gasteiger partial charge in [0.05, 0.1) is 28.9 Å². The highest BCUT2D eigenvalue weighted by atomic mass is 32.2. The molecule has 10 nitrogen and oxygen atoms in total. The number of anilines is 1. The maximum atomic E-state index is 13.2. The number of aryl methyl sites for hydroxylation is 1. The second kappa shape index (κ2) is 10.5. The molecule has 14 heteroatoms. The van der Waals surface area contributed by atoms with Crippen LogP contribution in [-0.2, 0) is 21.2 Å². The topological polar surface area (TPSA) is 148 Å². The van der Waals surface area contributed by atoms with Gasteiger partial charge in [-0.25, -0.2) is 8.42 Å². The van der Waals surface area contributed by atoms with E-state index in [0.717, 1.165) is 0 Å². The minimum Gasteiger partial charge on any atom is -0.352 e. The molecule has 1 aromatic heterocycles. The highest BCUT2D eigenvalue weighted by Crippen LogP contribution is 2.33. The lowest BCUT2D eigenvalue weighted by molar-refractivity contribution is -0.135. The van der Waals surface area contributed by atoms with Gasteiger partial charge in [-0.3, -0.25) is 9.59 Å². The van der Waals surface area contributed by atoms with Gasteiger partial charge in [-0.2, -0.15) is 18.2 Å². The first-order valence-corrected chi connectivity index (χ1v) is 13.2. The fourth-order valence-corrected chi connectivity index (χ4v) is 5.52. The zero-order valence-corrected chi connectivity index (χ0v) is 21.0. The molecule has 2 aromatic carbocycles. The molecule has 1 atom stereocenters. The van der Waals surface area contributed by atoms with Crippen LogP contribution in [0.3, 0.4) is 0 Å². The average Bonchev–Trinajstić information content (AvgIpc) is 3.27. The van der Waals surface area contributed by atoms with Gasteiger partial charge in [0.2, 0.25) is 17.6 Å². The van der Waals surface area contributed by atoms with Gasteiger partial charge in [-0.1, -0.05) is 29.4 Å². The number of hydrogen-bond donors (Lipinski definition) is 2. The highest BCUT2D eigenvalue weighted by Gasteiger charge is 2.36. The molecule has 0 saturated heterocycles. The molecule has 1 aliphatic rings. The van der Waals surface area contributed by atoms with E-state index in [-0.39, 0.29) is 35.7 Å². The van der Waals surface area contributed by atoms with Crippen molar-refractivity contribution < 1.29 is 35.7 Å². The zero-order chi connectivity index (χ0) is 27.7. The lowest BCUT2D eigenvalue weighted by Crippen LogP contribution is -2.45. The summed E-state index contributed by atoms with van der Waals surface area (Å²) in [6, 6.07) is 9.18. The first-order chi connectivity index (χ1) is 17.8. The highest BCUT2D eigenvalue weighted by molar-refractivity contribution is 7.91. The number of sulfone groups is 1. The third-order valence-corrected chi connectivity index (χ3v) is 7.65. The lowest BCUT2D eigenvalue weighted by atomic mass is 10.1. The van der Waals surface area contributed by atoms with Gasteiger partial charge in [0, 0.05) is 31.0 Å². The number of fused-ring (bicyclic) bond motifs is 1. The monoisotopic (exact) mass is 551 g/mol. The fraction of sp³-hybridized carbons (Fsp3) is 0.333. The fourth-order valence-electron chi connectivity index (χ4n) is 3.96. The van der Waals surface area contributed by atoms with Gasteiger partial charge in [0.1, 0.15) is 0 Å². The first kappa shape index (κ1) is 27.3. The van der Waals surface area contributed by atoms with Gasteiger partial charge in [-0.15, -0.1) is 0 Å². The number of nitrogens with zero attached hydrogens (tertiary/aromatic N) is 3. The number of nitrogens with two attached hydrogens (primary N) is 1. The van der Waals surface area contributed by atoms with Crippen LogP contribution < -0.4 is 16.0 Å². The average molecular weight is 552 g/mol. The summed E-state index contributed by atoms with van der Waals surface area (Å²) in [6.45, 7) is 1.37. The largest absolute Gasteiger partial charge is 0.389 e. The number of halogens is 3. The molecule has 0 aliphatic carbocycles. The Hall–Kier alpha value is -3.78. The Morgan fingerprint density at radius 3 is 2.55 bits per heavy atom. The van der Waals surface area contributed by atoms with E-state index in [4.69, 9.17) is 10.3 Å². The van der Waals surface area contributed by atoms with Gasteiger partial charge in [0.25, 0.3) is 5.91 Å². The molecule has 3 aromatic rings. The molecule has 202 valence electrons. The number of hydrogen-bond acceptors (Lipinski definition) is 8. The number of rotatable bonds is 7. The molecule has 38 heavy (non-hydrogen) atoms. The van der Waals surface area contributed by atoms with E-state index in [1.807, 2.05) is 0 Å². The van der Waals surface area contributed by atoms with Crippen LogP contribution in [0.5, 0.6) is 0 Å². The Bertz CT molecular complexity index is 1450. The van der Waals surface area contributed by atoms with Crippen LogP contribution in [0.1, 0.15) is 34.7 Å². The Morgan fingerprint density at radius 1 is 1.21 bits per heavy atom. The van der Waals surface area contributed by atoms with Crippen LogP contribution in [0, 0.1) is 6.92 Å². The Balaban J connectivity index is 1.62. The number of alkyl halides is 3. The van der Waals surface area contributed by atoms with E-state index in [9.17, 15) is 31.2 Å². The van der Waals surface area contributed by atoms with Gasteiger partial charge in [-0.05, 0) is 30.2 Å². The molecule has 3 N–H and O–H groups in total. The minimum absolute atomic E-state index is 0.0120. The second-order valence-corrected chi connectivity index (χ2v) is 10.8. The van der Waals surface area contributed by atoms with Crippen molar-refractivity contribution >= 4 is 27.3 Å². The van der Waals surface area contributed by atoms with E-state index < -0.39 is 46.0 Å².